The minimum Gasteiger partial charge on any atom is -0.464 e. The van der Waals surface area contributed by atoms with Gasteiger partial charge >= 0.3 is 11.9 Å². The molecule has 1 rings (SSSR count). The molecule has 0 amide bonds. The minimum absolute atomic E-state index is 0.0686. The average molecular weight is 238 g/mol. The Kier molecular flexibility index (Phi) is 4.03. The third kappa shape index (κ3) is 2.93. The Morgan fingerprint density at radius 2 is 1.47 bits per heavy atom. The molecule has 92 valence electrons. The van der Waals surface area contributed by atoms with Gasteiger partial charge in [-0.25, -0.2) is 14.6 Å². The first-order valence-corrected chi connectivity index (χ1v) is 4.85. The van der Waals surface area contributed by atoms with Gasteiger partial charge < -0.3 is 14.4 Å². The number of nitrogens with zero attached hydrogens (tertiary/aromatic N) is 2. The van der Waals surface area contributed by atoms with Crippen molar-refractivity contribution in [3.63, 3.8) is 0 Å². The van der Waals surface area contributed by atoms with Crippen LogP contribution in [0, 0.1) is 0 Å². The molecular weight excluding hydrogens is 224 g/mol. The van der Waals surface area contributed by atoms with Gasteiger partial charge in [0, 0.05) is 19.8 Å². The number of carbonyl (C=O) groups excluding carboxylic acids is 2. The Balaban J connectivity index is 3.28. The number of methoxy groups -OCH3 is 2. The lowest BCUT2D eigenvalue weighted by Gasteiger charge is -2.14. The van der Waals surface area contributed by atoms with Gasteiger partial charge in [-0.1, -0.05) is 0 Å². The molecule has 6 nitrogen and oxygen atoms in total. The average Bonchev–Trinajstić information content (AvgIpc) is 2.36. The number of hydrogen-bond acceptors (Lipinski definition) is 6. The Morgan fingerprint density at radius 1 is 1.06 bits per heavy atom. The molecule has 0 fully saturated rings. The van der Waals surface area contributed by atoms with Gasteiger partial charge in [-0.05, 0) is 12.1 Å². The SMILES string of the molecule is COC(=O)c1cc(N(C)C)cc(C(=O)OC)n1. The number of pyridine rings is 1. The maximum absolute atomic E-state index is 11.4. The van der Waals surface area contributed by atoms with E-state index >= 15 is 0 Å². The van der Waals surface area contributed by atoms with E-state index in [0.717, 1.165) is 0 Å². The van der Waals surface area contributed by atoms with E-state index in [1.807, 2.05) is 0 Å². The maximum atomic E-state index is 11.4. The first-order chi connectivity index (χ1) is 7.99. The molecule has 0 aliphatic rings. The molecule has 0 radical (unpaired) electrons. The maximum Gasteiger partial charge on any atom is 0.356 e. The highest BCUT2D eigenvalue weighted by Gasteiger charge is 2.16. The van der Waals surface area contributed by atoms with E-state index in [1.54, 1.807) is 19.0 Å². The van der Waals surface area contributed by atoms with Crippen LogP contribution in [0.2, 0.25) is 0 Å². The molecule has 1 aromatic rings. The molecule has 17 heavy (non-hydrogen) atoms. The quantitative estimate of drug-likeness (QED) is 0.723. The zero-order valence-electron chi connectivity index (χ0n) is 10.2. The summed E-state index contributed by atoms with van der Waals surface area (Å²) in [6, 6.07) is 3.08. The molecule has 6 heteroatoms. The molecule has 1 aromatic heterocycles. The number of hydrogen-bond donors (Lipinski definition) is 0. The van der Waals surface area contributed by atoms with E-state index in [4.69, 9.17) is 0 Å². The van der Waals surface area contributed by atoms with Gasteiger partial charge in [0.15, 0.2) is 11.4 Å². The van der Waals surface area contributed by atoms with Crippen molar-refractivity contribution in [3.05, 3.63) is 23.5 Å². The van der Waals surface area contributed by atoms with E-state index in [-0.39, 0.29) is 11.4 Å². The summed E-state index contributed by atoms with van der Waals surface area (Å²) in [6.45, 7) is 0. The van der Waals surface area contributed by atoms with Crippen molar-refractivity contribution >= 4 is 17.6 Å². The summed E-state index contributed by atoms with van der Waals surface area (Å²) in [4.78, 5) is 28.4. The number of rotatable bonds is 3. The second-order valence-corrected chi connectivity index (χ2v) is 3.47. The van der Waals surface area contributed by atoms with Crippen LogP contribution in [0.25, 0.3) is 0 Å². The van der Waals surface area contributed by atoms with Gasteiger partial charge in [-0.2, -0.15) is 0 Å². The van der Waals surface area contributed by atoms with E-state index in [1.165, 1.54) is 26.4 Å². The van der Waals surface area contributed by atoms with Gasteiger partial charge in [0.2, 0.25) is 0 Å². The lowest BCUT2D eigenvalue weighted by atomic mass is 10.2. The molecule has 0 aromatic carbocycles. The van der Waals surface area contributed by atoms with Crippen LogP contribution in [0.3, 0.4) is 0 Å². The van der Waals surface area contributed by atoms with E-state index in [0.29, 0.717) is 5.69 Å². The van der Waals surface area contributed by atoms with Crippen molar-refractivity contribution in [2.45, 2.75) is 0 Å². The van der Waals surface area contributed by atoms with Crippen LogP contribution in [-0.4, -0.2) is 45.2 Å². The Hall–Kier alpha value is -2.11. The van der Waals surface area contributed by atoms with Crippen LogP contribution >= 0.6 is 0 Å². The fourth-order valence-electron chi connectivity index (χ4n) is 1.19. The molecule has 0 aliphatic heterocycles. The lowest BCUT2D eigenvalue weighted by Crippen LogP contribution is -2.15. The predicted octanol–water partition coefficient (Wildman–Crippen LogP) is 0.721. The van der Waals surface area contributed by atoms with Gasteiger partial charge in [-0.3, -0.25) is 0 Å². The third-order valence-electron chi connectivity index (χ3n) is 2.12. The van der Waals surface area contributed by atoms with E-state index in [2.05, 4.69) is 14.5 Å². The van der Waals surface area contributed by atoms with E-state index < -0.39 is 11.9 Å². The highest BCUT2D eigenvalue weighted by Crippen LogP contribution is 2.15. The summed E-state index contributed by atoms with van der Waals surface area (Å²) in [7, 11) is 6.09. The fraction of sp³-hybridized carbons (Fsp3) is 0.364. The summed E-state index contributed by atoms with van der Waals surface area (Å²) in [5.41, 5.74) is 0.805. The van der Waals surface area contributed by atoms with Crippen molar-refractivity contribution in [1.29, 1.82) is 0 Å². The number of anilines is 1. The standard InChI is InChI=1S/C11H14N2O4/c1-13(2)7-5-8(10(14)16-3)12-9(6-7)11(15)17-4/h5-6H,1-4H3. The number of carbonyl (C=O) groups is 2. The molecule has 0 spiro atoms. The second-order valence-electron chi connectivity index (χ2n) is 3.47. The van der Waals surface area contributed by atoms with Crippen LogP contribution < -0.4 is 4.90 Å². The summed E-state index contributed by atoms with van der Waals surface area (Å²) in [5, 5.41) is 0. The van der Waals surface area contributed by atoms with Gasteiger partial charge in [0.05, 0.1) is 14.2 Å². The summed E-state index contributed by atoms with van der Waals surface area (Å²) < 4.78 is 9.13. The number of aromatic nitrogens is 1. The molecule has 0 aliphatic carbocycles. The Labute approximate surface area is 99.2 Å². The smallest absolute Gasteiger partial charge is 0.356 e. The zero-order chi connectivity index (χ0) is 13.0. The van der Waals surface area contributed by atoms with E-state index in [9.17, 15) is 9.59 Å². The summed E-state index contributed by atoms with van der Waals surface area (Å²) in [5.74, 6) is -1.20. The normalized spacial score (nSPS) is 9.65. The van der Waals surface area contributed by atoms with Crippen LogP contribution in [0.5, 0.6) is 0 Å². The molecule has 0 unspecified atom stereocenters. The predicted molar refractivity (Wildman–Crippen MR) is 61.2 cm³/mol. The van der Waals surface area contributed by atoms with Crippen LogP contribution in [0.15, 0.2) is 12.1 Å². The lowest BCUT2D eigenvalue weighted by molar-refractivity contribution is 0.0586. The Morgan fingerprint density at radius 3 is 1.76 bits per heavy atom. The molecule has 0 bridgehead atoms. The van der Waals surface area contributed by atoms with Crippen LogP contribution in [-0.2, 0) is 9.47 Å². The largest absolute Gasteiger partial charge is 0.464 e. The number of esters is 2. The zero-order valence-corrected chi connectivity index (χ0v) is 10.2. The van der Waals surface area contributed by atoms with Gasteiger partial charge in [0.1, 0.15) is 0 Å². The highest BCUT2D eigenvalue weighted by atomic mass is 16.5. The van der Waals surface area contributed by atoms with Crippen LogP contribution in [0.4, 0.5) is 5.69 Å². The molecule has 1 heterocycles. The molecule has 0 atom stereocenters. The van der Waals surface area contributed by atoms with Crippen molar-refractivity contribution in [3.8, 4) is 0 Å². The van der Waals surface area contributed by atoms with Crippen molar-refractivity contribution in [2.75, 3.05) is 33.2 Å². The minimum atomic E-state index is -0.598. The van der Waals surface area contributed by atoms with Crippen molar-refractivity contribution in [2.24, 2.45) is 0 Å². The first kappa shape index (κ1) is 13.0. The number of ether oxygens (including phenoxy) is 2. The molecular formula is C11H14N2O4. The highest BCUT2D eigenvalue weighted by molar-refractivity contribution is 5.93. The summed E-state index contributed by atoms with van der Waals surface area (Å²) in [6.07, 6.45) is 0. The fourth-order valence-corrected chi connectivity index (χ4v) is 1.19. The van der Waals surface area contributed by atoms with Crippen molar-refractivity contribution in [1.82, 2.24) is 4.98 Å². The second kappa shape index (κ2) is 5.29. The molecule has 0 saturated carbocycles. The molecule has 0 saturated heterocycles. The first-order valence-electron chi connectivity index (χ1n) is 4.85. The van der Waals surface area contributed by atoms with Gasteiger partial charge in [-0.15, -0.1) is 0 Å². The topological polar surface area (TPSA) is 68.7 Å². The van der Waals surface area contributed by atoms with Gasteiger partial charge in [0.25, 0.3) is 0 Å². The monoisotopic (exact) mass is 238 g/mol. The molecule has 0 N–H and O–H groups in total. The third-order valence-corrected chi connectivity index (χ3v) is 2.12. The Bertz CT molecular complexity index is 409. The summed E-state index contributed by atoms with van der Waals surface area (Å²) >= 11 is 0. The van der Waals surface area contributed by atoms with Crippen LogP contribution in [0.1, 0.15) is 21.0 Å². The van der Waals surface area contributed by atoms with Crippen molar-refractivity contribution < 1.29 is 19.1 Å².